The number of aromatic nitrogens is 3. The van der Waals surface area contributed by atoms with Gasteiger partial charge in [-0.1, -0.05) is 127 Å². The molecule has 0 fully saturated rings. The van der Waals surface area contributed by atoms with Crippen LogP contribution in [0, 0.1) is 0 Å². The van der Waals surface area contributed by atoms with Crippen LogP contribution in [-0.4, -0.2) is 15.0 Å². The minimum absolute atomic E-state index is 0.565. The Bertz CT molecular complexity index is 3540. The van der Waals surface area contributed by atoms with E-state index < -0.39 is 0 Å². The second-order valence-electron chi connectivity index (χ2n) is 14.3. The average Bonchev–Trinajstić information content (AvgIpc) is 3.98. The Morgan fingerprint density at radius 2 is 0.930 bits per heavy atom. The van der Waals surface area contributed by atoms with Crippen LogP contribution in [0.1, 0.15) is 0 Å². The molecule has 0 aliphatic rings. The summed E-state index contributed by atoms with van der Waals surface area (Å²) in [6.07, 6.45) is 0. The van der Waals surface area contributed by atoms with E-state index in [9.17, 15) is 0 Å². The number of rotatable bonds is 5. The topological polar surface area (TPSA) is 65.0 Å². The van der Waals surface area contributed by atoms with Crippen LogP contribution in [0.4, 0.5) is 0 Å². The molecule has 0 spiro atoms. The number of nitrogens with zero attached hydrogens (tertiary/aromatic N) is 3. The molecule has 4 aromatic heterocycles. The maximum atomic E-state index is 6.55. The molecule has 12 aromatic rings. The smallest absolute Gasteiger partial charge is 0.165 e. The van der Waals surface area contributed by atoms with Crippen LogP contribution in [0.2, 0.25) is 0 Å². The molecule has 0 amide bonds. The molecular weight excluding hydrogens is 719 g/mol. The highest BCUT2D eigenvalue weighted by Crippen LogP contribution is 2.46. The highest BCUT2D eigenvalue weighted by Gasteiger charge is 2.25. The molecule has 266 valence electrons. The lowest BCUT2D eigenvalue weighted by molar-refractivity contribution is 0.669. The normalized spacial score (nSPS) is 11.9. The zero-order valence-corrected chi connectivity index (χ0v) is 31.1. The first kappa shape index (κ1) is 31.9. The lowest BCUT2D eigenvalue weighted by Crippen LogP contribution is -2.02. The van der Waals surface area contributed by atoms with E-state index in [0.29, 0.717) is 17.5 Å². The monoisotopic (exact) mass is 747 g/mol. The number of benzene rings is 8. The van der Waals surface area contributed by atoms with E-state index >= 15 is 0 Å². The van der Waals surface area contributed by atoms with Crippen molar-refractivity contribution in [2.75, 3.05) is 0 Å². The summed E-state index contributed by atoms with van der Waals surface area (Å²) in [6.45, 7) is 0. The Hall–Kier alpha value is -7.41. The van der Waals surface area contributed by atoms with Crippen LogP contribution < -0.4 is 0 Å². The molecule has 0 radical (unpaired) electrons. The van der Waals surface area contributed by atoms with Gasteiger partial charge in [0.15, 0.2) is 17.5 Å². The lowest BCUT2D eigenvalue weighted by atomic mass is 9.92. The Kier molecular flexibility index (Phi) is 7.03. The van der Waals surface area contributed by atoms with Crippen molar-refractivity contribution in [3.05, 3.63) is 176 Å². The van der Waals surface area contributed by atoms with Crippen LogP contribution >= 0.6 is 11.3 Å². The molecule has 0 atom stereocenters. The Morgan fingerprint density at radius 3 is 1.77 bits per heavy atom. The number of para-hydroxylation sites is 2. The molecule has 57 heavy (non-hydrogen) atoms. The fraction of sp³-hybridized carbons (Fsp3) is 0. The zero-order valence-electron chi connectivity index (χ0n) is 30.3. The van der Waals surface area contributed by atoms with Gasteiger partial charge in [-0.25, -0.2) is 15.0 Å². The van der Waals surface area contributed by atoms with Gasteiger partial charge in [-0.3, -0.25) is 0 Å². The number of hydrogen-bond acceptors (Lipinski definition) is 6. The van der Waals surface area contributed by atoms with Gasteiger partial charge in [0.1, 0.15) is 22.3 Å². The molecule has 6 heteroatoms. The minimum Gasteiger partial charge on any atom is -0.456 e. The summed E-state index contributed by atoms with van der Waals surface area (Å²) in [6, 6.07) is 60.8. The van der Waals surface area contributed by atoms with E-state index in [0.717, 1.165) is 87.5 Å². The molecule has 0 aliphatic carbocycles. The summed E-state index contributed by atoms with van der Waals surface area (Å²) in [7, 11) is 0. The van der Waals surface area contributed by atoms with Crippen molar-refractivity contribution in [3.8, 4) is 56.4 Å². The summed E-state index contributed by atoms with van der Waals surface area (Å²) in [5, 5.41) is 6.45. The third kappa shape index (κ3) is 5.04. The fourth-order valence-electron chi connectivity index (χ4n) is 8.40. The van der Waals surface area contributed by atoms with Gasteiger partial charge < -0.3 is 8.83 Å². The first-order valence-corrected chi connectivity index (χ1v) is 19.7. The zero-order chi connectivity index (χ0) is 37.5. The van der Waals surface area contributed by atoms with Gasteiger partial charge in [0.2, 0.25) is 0 Å². The molecular formula is C51H29N3O2S. The lowest BCUT2D eigenvalue weighted by Gasteiger charge is -2.15. The molecule has 0 bridgehead atoms. The van der Waals surface area contributed by atoms with E-state index in [2.05, 4.69) is 140 Å². The number of fused-ring (bicyclic) bond motifs is 9. The van der Waals surface area contributed by atoms with Crippen molar-refractivity contribution >= 4 is 75.4 Å². The molecule has 8 aromatic carbocycles. The number of thiophene rings is 1. The number of furan rings is 2. The quantitative estimate of drug-likeness (QED) is 0.175. The SMILES string of the molecule is c1ccc(-c2cccc(-c3nc(-c4cccc5c4sc4ccccc45)nc(-c4c(-c5cccc6oc7ccccc7c56)ccc5oc6ccccc6c45)n3)c2)cc1. The van der Waals surface area contributed by atoms with Gasteiger partial charge in [0.05, 0.1) is 0 Å². The van der Waals surface area contributed by atoms with Gasteiger partial charge in [-0.15, -0.1) is 11.3 Å². The highest BCUT2D eigenvalue weighted by atomic mass is 32.1. The van der Waals surface area contributed by atoms with E-state index in [4.69, 9.17) is 23.8 Å². The van der Waals surface area contributed by atoms with Crippen molar-refractivity contribution in [1.82, 2.24) is 15.0 Å². The molecule has 0 saturated carbocycles. The molecule has 0 N–H and O–H groups in total. The first-order valence-electron chi connectivity index (χ1n) is 18.9. The van der Waals surface area contributed by atoms with Gasteiger partial charge in [0.25, 0.3) is 0 Å². The van der Waals surface area contributed by atoms with Gasteiger partial charge in [0, 0.05) is 58.4 Å². The second-order valence-corrected chi connectivity index (χ2v) is 15.3. The summed E-state index contributed by atoms with van der Waals surface area (Å²) in [4.78, 5) is 16.2. The van der Waals surface area contributed by atoms with Crippen molar-refractivity contribution in [2.24, 2.45) is 0 Å². The number of hydrogen-bond donors (Lipinski definition) is 0. The van der Waals surface area contributed by atoms with Crippen LogP contribution in [0.15, 0.2) is 185 Å². The molecule has 4 heterocycles. The van der Waals surface area contributed by atoms with Crippen LogP contribution in [0.25, 0.3) is 120 Å². The Morgan fingerprint density at radius 1 is 0.351 bits per heavy atom. The molecule has 0 unspecified atom stereocenters. The molecule has 12 rings (SSSR count). The summed E-state index contributed by atoms with van der Waals surface area (Å²) in [5.74, 6) is 1.77. The van der Waals surface area contributed by atoms with Crippen molar-refractivity contribution in [1.29, 1.82) is 0 Å². The summed E-state index contributed by atoms with van der Waals surface area (Å²) in [5.41, 5.74) is 10.2. The molecule has 5 nitrogen and oxygen atoms in total. The van der Waals surface area contributed by atoms with Gasteiger partial charge in [-0.2, -0.15) is 0 Å². The Labute approximate surface area is 330 Å². The maximum absolute atomic E-state index is 6.55. The Balaban J connectivity index is 1.20. The van der Waals surface area contributed by atoms with Crippen molar-refractivity contribution < 1.29 is 8.83 Å². The summed E-state index contributed by atoms with van der Waals surface area (Å²) >= 11 is 1.77. The second kappa shape index (κ2) is 12.6. The van der Waals surface area contributed by atoms with E-state index in [1.165, 1.54) is 15.5 Å². The highest BCUT2D eigenvalue weighted by molar-refractivity contribution is 7.26. The largest absolute Gasteiger partial charge is 0.456 e. The fourth-order valence-corrected chi connectivity index (χ4v) is 9.61. The van der Waals surface area contributed by atoms with E-state index in [1.807, 2.05) is 36.4 Å². The third-order valence-corrected chi connectivity index (χ3v) is 12.2. The van der Waals surface area contributed by atoms with Crippen molar-refractivity contribution in [2.45, 2.75) is 0 Å². The summed E-state index contributed by atoms with van der Waals surface area (Å²) < 4.78 is 15.3. The minimum atomic E-state index is 0.565. The predicted octanol–water partition coefficient (Wildman–Crippen LogP) is 14.4. The predicted molar refractivity (Wildman–Crippen MR) is 234 cm³/mol. The van der Waals surface area contributed by atoms with E-state index in [-0.39, 0.29) is 0 Å². The van der Waals surface area contributed by atoms with Crippen molar-refractivity contribution in [3.63, 3.8) is 0 Å². The van der Waals surface area contributed by atoms with Crippen LogP contribution in [0.3, 0.4) is 0 Å². The molecule has 0 aliphatic heterocycles. The first-order chi connectivity index (χ1) is 28.2. The standard InChI is InChI=1S/C51H29N3O2S/c1-2-13-30(14-3-1)31-15-10-16-32(29-31)49-52-50(39-22-11-21-36-33-17-6-9-26-44(33)57-48(36)39)54-51(53-49)47-35(27-28-43-46(47)38-19-5-8-24-41(38)56-43)34-20-12-25-42-45(34)37-18-4-7-23-40(37)55-42/h1-29H. The van der Waals surface area contributed by atoms with E-state index in [1.54, 1.807) is 11.3 Å². The van der Waals surface area contributed by atoms with Crippen LogP contribution in [0.5, 0.6) is 0 Å². The van der Waals surface area contributed by atoms with Crippen LogP contribution in [-0.2, 0) is 0 Å². The maximum Gasteiger partial charge on any atom is 0.165 e. The average molecular weight is 748 g/mol. The van der Waals surface area contributed by atoms with Gasteiger partial charge >= 0.3 is 0 Å². The van der Waals surface area contributed by atoms with Gasteiger partial charge in [-0.05, 0) is 70.8 Å². The molecule has 0 saturated heterocycles. The third-order valence-electron chi connectivity index (χ3n) is 11.0.